The molecule has 1 heterocycles. The van der Waals surface area contributed by atoms with Crippen molar-refractivity contribution in [3.63, 3.8) is 0 Å². The molecule has 1 saturated carbocycles. The van der Waals surface area contributed by atoms with Crippen LogP contribution in [0.5, 0.6) is 0 Å². The van der Waals surface area contributed by atoms with Gasteiger partial charge in [-0.1, -0.05) is 13.3 Å². The molecule has 0 N–H and O–H groups in total. The van der Waals surface area contributed by atoms with Crippen LogP contribution < -0.4 is 0 Å². The lowest BCUT2D eigenvalue weighted by Crippen LogP contribution is -2.12. The SMILES string of the molecule is CCC1CCC(c2nc3cc(C(=O)OC)ccc3s2)CC1. The van der Waals surface area contributed by atoms with Crippen molar-refractivity contribution >= 4 is 27.5 Å². The maximum atomic E-state index is 11.6. The Hall–Kier alpha value is -1.42. The standard InChI is InChI=1S/C17H21NO2S/c1-3-11-4-6-12(7-5-11)16-18-14-10-13(17(19)20-2)8-9-15(14)21-16/h8-12H,3-7H2,1-2H3. The van der Waals surface area contributed by atoms with Gasteiger partial charge in [0.25, 0.3) is 0 Å². The lowest BCUT2D eigenvalue weighted by atomic mass is 9.81. The normalized spacial score (nSPS) is 22.4. The zero-order valence-corrected chi connectivity index (χ0v) is 13.4. The predicted octanol–water partition coefficient (Wildman–Crippen LogP) is 4.77. The minimum atomic E-state index is -0.296. The fraction of sp³-hybridized carbons (Fsp3) is 0.529. The highest BCUT2D eigenvalue weighted by atomic mass is 32.1. The van der Waals surface area contributed by atoms with E-state index in [4.69, 9.17) is 9.72 Å². The van der Waals surface area contributed by atoms with Crippen LogP contribution in [0.2, 0.25) is 0 Å². The summed E-state index contributed by atoms with van der Waals surface area (Å²) < 4.78 is 5.93. The number of fused-ring (bicyclic) bond motifs is 1. The second kappa shape index (κ2) is 6.14. The molecule has 2 aromatic rings. The molecule has 112 valence electrons. The van der Waals surface area contributed by atoms with Gasteiger partial charge in [-0.25, -0.2) is 9.78 Å². The van der Waals surface area contributed by atoms with Crippen molar-refractivity contribution in [1.29, 1.82) is 0 Å². The molecule has 0 unspecified atom stereocenters. The summed E-state index contributed by atoms with van der Waals surface area (Å²) in [6.45, 7) is 2.29. The number of methoxy groups -OCH3 is 1. The minimum Gasteiger partial charge on any atom is -0.465 e. The third kappa shape index (κ3) is 2.95. The second-order valence-corrected chi connectivity index (χ2v) is 6.91. The lowest BCUT2D eigenvalue weighted by molar-refractivity contribution is 0.0601. The van der Waals surface area contributed by atoms with Crippen LogP contribution in [0.25, 0.3) is 10.2 Å². The van der Waals surface area contributed by atoms with Gasteiger partial charge in [-0.2, -0.15) is 0 Å². The molecule has 21 heavy (non-hydrogen) atoms. The number of esters is 1. The summed E-state index contributed by atoms with van der Waals surface area (Å²) in [4.78, 5) is 16.4. The molecule has 1 aliphatic rings. The highest BCUT2D eigenvalue weighted by Gasteiger charge is 2.24. The molecule has 4 heteroatoms. The number of carbonyl (C=O) groups excluding carboxylic acids is 1. The molecule has 0 bridgehead atoms. The smallest absolute Gasteiger partial charge is 0.337 e. The Morgan fingerprint density at radius 1 is 1.33 bits per heavy atom. The topological polar surface area (TPSA) is 39.2 Å². The first kappa shape index (κ1) is 14.5. The summed E-state index contributed by atoms with van der Waals surface area (Å²) in [6.07, 6.45) is 6.45. The van der Waals surface area contributed by atoms with Gasteiger partial charge in [-0.15, -0.1) is 11.3 Å². The van der Waals surface area contributed by atoms with E-state index >= 15 is 0 Å². The molecule has 3 nitrogen and oxygen atoms in total. The van der Waals surface area contributed by atoms with Crippen molar-refractivity contribution in [1.82, 2.24) is 4.98 Å². The second-order valence-electron chi connectivity index (χ2n) is 5.85. The van der Waals surface area contributed by atoms with Crippen LogP contribution in [0.1, 0.15) is 60.3 Å². The highest BCUT2D eigenvalue weighted by Crippen LogP contribution is 2.39. The van der Waals surface area contributed by atoms with Crippen LogP contribution in [-0.2, 0) is 4.74 Å². The molecule has 1 fully saturated rings. The van der Waals surface area contributed by atoms with E-state index in [1.807, 2.05) is 18.2 Å². The summed E-state index contributed by atoms with van der Waals surface area (Å²) in [5, 5.41) is 1.24. The fourth-order valence-electron chi connectivity index (χ4n) is 3.18. The van der Waals surface area contributed by atoms with Crippen molar-refractivity contribution in [3.8, 4) is 0 Å². The number of hydrogen-bond acceptors (Lipinski definition) is 4. The highest BCUT2D eigenvalue weighted by molar-refractivity contribution is 7.18. The number of carbonyl (C=O) groups is 1. The van der Waals surface area contributed by atoms with E-state index in [0.717, 1.165) is 16.1 Å². The van der Waals surface area contributed by atoms with Gasteiger partial charge in [-0.3, -0.25) is 0 Å². The molecule has 0 atom stereocenters. The number of aromatic nitrogens is 1. The predicted molar refractivity (Wildman–Crippen MR) is 85.9 cm³/mol. The van der Waals surface area contributed by atoms with Crippen LogP contribution in [0, 0.1) is 5.92 Å². The van der Waals surface area contributed by atoms with Crippen LogP contribution >= 0.6 is 11.3 Å². The largest absolute Gasteiger partial charge is 0.465 e. The molecule has 0 amide bonds. The molecule has 0 saturated heterocycles. The van der Waals surface area contributed by atoms with E-state index in [0.29, 0.717) is 11.5 Å². The summed E-state index contributed by atoms with van der Waals surface area (Å²) in [6, 6.07) is 5.66. The monoisotopic (exact) mass is 303 g/mol. The van der Waals surface area contributed by atoms with Crippen molar-refractivity contribution in [2.75, 3.05) is 7.11 Å². The molecular weight excluding hydrogens is 282 g/mol. The Balaban J connectivity index is 1.83. The Bertz CT molecular complexity index is 641. The number of ether oxygens (including phenoxy) is 1. The summed E-state index contributed by atoms with van der Waals surface area (Å²) in [5.74, 6) is 1.21. The van der Waals surface area contributed by atoms with E-state index in [-0.39, 0.29) is 5.97 Å². The fourth-order valence-corrected chi connectivity index (χ4v) is 4.30. The van der Waals surface area contributed by atoms with Gasteiger partial charge in [0.15, 0.2) is 0 Å². The van der Waals surface area contributed by atoms with E-state index in [9.17, 15) is 4.79 Å². The summed E-state index contributed by atoms with van der Waals surface area (Å²) >= 11 is 1.78. The zero-order valence-electron chi connectivity index (χ0n) is 12.6. The minimum absolute atomic E-state index is 0.296. The number of thiazole rings is 1. The summed E-state index contributed by atoms with van der Waals surface area (Å²) in [7, 11) is 1.41. The van der Waals surface area contributed by atoms with Crippen LogP contribution in [0.4, 0.5) is 0 Å². The Morgan fingerprint density at radius 3 is 2.76 bits per heavy atom. The third-order valence-electron chi connectivity index (χ3n) is 4.60. The lowest BCUT2D eigenvalue weighted by Gasteiger charge is -2.26. The van der Waals surface area contributed by atoms with Crippen molar-refractivity contribution in [2.45, 2.75) is 44.9 Å². The van der Waals surface area contributed by atoms with Crippen molar-refractivity contribution < 1.29 is 9.53 Å². The van der Waals surface area contributed by atoms with Crippen LogP contribution in [0.3, 0.4) is 0 Å². The Morgan fingerprint density at radius 2 is 2.10 bits per heavy atom. The van der Waals surface area contributed by atoms with E-state index < -0.39 is 0 Å². The third-order valence-corrected chi connectivity index (χ3v) is 5.80. The first-order chi connectivity index (χ1) is 10.2. The first-order valence-corrected chi connectivity index (χ1v) is 8.51. The van der Waals surface area contributed by atoms with Crippen molar-refractivity contribution in [3.05, 3.63) is 28.8 Å². The van der Waals surface area contributed by atoms with E-state index in [2.05, 4.69) is 6.92 Å². The first-order valence-electron chi connectivity index (χ1n) is 7.70. The number of benzene rings is 1. The maximum Gasteiger partial charge on any atom is 0.337 e. The molecule has 0 aliphatic heterocycles. The maximum absolute atomic E-state index is 11.6. The van der Waals surface area contributed by atoms with E-state index in [1.165, 1.54) is 44.2 Å². The molecule has 0 radical (unpaired) electrons. The molecule has 1 aromatic heterocycles. The van der Waals surface area contributed by atoms with Crippen LogP contribution in [0.15, 0.2) is 18.2 Å². The van der Waals surface area contributed by atoms with Gasteiger partial charge in [0.2, 0.25) is 0 Å². The summed E-state index contributed by atoms with van der Waals surface area (Å²) in [5.41, 5.74) is 1.51. The Labute approximate surface area is 129 Å². The van der Waals surface area contributed by atoms with Gasteiger partial charge < -0.3 is 4.74 Å². The van der Waals surface area contributed by atoms with E-state index in [1.54, 1.807) is 11.3 Å². The number of rotatable bonds is 3. The number of hydrogen-bond donors (Lipinski definition) is 0. The molecule has 3 rings (SSSR count). The van der Waals surface area contributed by atoms with Gasteiger partial charge in [0.1, 0.15) is 0 Å². The zero-order chi connectivity index (χ0) is 14.8. The van der Waals surface area contributed by atoms with Gasteiger partial charge >= 0.3 is 5.97 Å². The quantitative estimate of drug-likeness (QED) is 0.767. The average molecular weight is 303 g/mol. The van der Waals surface area contributed by atoms with Crippen molar-refractivity contribution in [2.24, 2.45) is 5.92 Å². The van der Waals surface area contributed by atoms with Gasteiger partial charge in [-0.05, 0) is 49.8 Å². The van der Waals surface area contributed by atoms with Gasteiger partial charge in [0, 0.05) is 5.92 Å². The molecule has 0 spiro atoms. The molecular formula is C17H21NO2S. The molecule has 1 aliphatic carbocycles. The Kier molecular flexibility index (Phi) is 4.24. The van der Waals surface area contributed by atoms with Crippen LogP contribution in [-0.4, -0.2) is 18.1 Å². The number of nitrogens with zero attached hydrogens (tertiary/aromatic N) is 1. The average Bonchev–Trinajstić information content (AvgIpc) is 2.97. The van der Waals surface area contributed by atoms with Gasteiger partial charge in [0.05, 0.1) is 27.9 Å². The molecule has 1 aromatic carbocycles.